The molecular formula is C9H6BrF3N2. The molecule has 0 N–H and O–H groups in total. The van der Waals surface area contributed by atoms with Gasteiger partial charge < -0.3 is 0 Å². The summed E-state index contributed by atoms with van der Waals surface area (Å²) in [5.74, 6) is 0. The third-order valence-electron chi connectivity index (χ3n) is 2.14. The Kier molecular flexibility index (Phi) is 2.26. The van der Waals surface area contributed by atoms with Gasteiger partial charge >= 0.3 is 6.18 Å². The van der Waals surface area contributed by atoms with E-state index in [4.69, 9.17) is 0 Å². The lowest BCUT2D eigenvalue weighted by Crippen LogP contribution is -2.05. The van der Waals surface area contributed by atoms with Gasteiger partial charge in [0.2, 0.25) is 0 Å². The summed E-state index contributed by atoms with van der Waals surface area (Å²) in [6.07, 6.45) is -4.36. The summed E-state index contributed by atoms with van der Waals surface area (Å²) in [6.45, 7) is 0. The lowest BCUT2D eigenvalue weighted by molar-refractivity contribution is -0.136. The first-order valence-electron chi connectivity index (χ1n) is 4.09. The largest absolute Gasteiger partial charge is 0.417 e. The van der Waals surface area contributed by atoms with Crippen LogP contribution in [0.2, 0.25) is 0 Å². The van der Waals surface area contributed by atoms with Crippen LogP contribution < -0.4 is 0 Å². The van der Waals surface area contributed by atoms with Gasteiger partial charge in [-0.25, -0.2) is 0 Å². The van der Waals surface area contributed by atoms with Crippen molar-refractivity contribution in [3.05, 3.63) is 28.4 Å². The second-order valence-corrected chi connectivity index (χ2v) is 3.86. The average Bonchev–Trinajstić information content (AvgIpc) is 2.41. The molecule has 0 aliphatic carbocycles. The summed E-state index contributed by atoms with van der Waals surface area (Å²) in [5.41, 5.74) is -0.211. The van der Waals surface area contributed by atoms with Crippen molar-refractivity contribution >= 4 is 26.8 Å². The number of hydrogen-bond acceptors (Lipinski definition) is 1. The molecule has 2 aromatic rings. The van der Waals surface area contributed by atoms with E-state index in [1.165, 1.54) is 10.7 Å². The van der Waals surface area contributed by atoms with Gasteiger partial charge in [0, 0.05) is 12.4 Å². The van der Waals surface area contributed by atoms with Crippen molar-refractivity contribution in [1.82, 2.24) is 9.78 Å². The van der Waals surface area contributed by atoms with Crippen molar-refractivity contribution in [3.63, 3.8) is 0 Å². The highest BCUT2D eigenvalue weighted by molar-refractivity contribution is 9.10. The molecule has 0 aliphatic heterocycles. The molecule has 0 spiro atoms. The van der Waals surface area contributed by atoms with Crippen molar-refractivity contribution in [2.45, 2.75) is 6.18 Å². The molecule has 80 valence electrons. The zero-order valence-electron chi connectivity index (χ0n) is 7.64. The maximum absolute atomic E-state index is 12.6. The average molecular weight is 279 g/mol. The van der Waals surface area contributed by atoms with E-state index in [1.54, 1.807) is 13.1 Å². The van der Waals surface area contributed by atoms with Crippen LogP contribution >= 0.6 is 15.9 Å². The molecule has 0 saturated carbocycles. The number of aryl methyl sites for hydroxylation is 1. The summed E-state index contributed by atoms with van der Waals surface area (Å²) < 4.78 is 39.6. The Morgan fingerprint density at radius 1 is 1.33 bits per heavy atom. The molecule has 2 nitrogen and oxygen atoms in total. The standard InChI is InChI=1S/C9H6BrF3N2/c1-15-6-4-2-3-5(9(11,12)13)7(6)8(10)14-15/h2-4H,1H3. The smallest absolute Gasteiger partial charge is 0.267 e. The predicted molar refractivity (Wildman–Crippen MR) is 53.4 cm³/mol. The summed E-state index contributed by atoms with van der Waals surface area (Å²) in [6, 6.07) is 4.02. The van der Waals surface area contributed by atoms with Crippen molar-refractivity contribution in [2.24, 2.45) is 7.05 Å². The van der Waals surface area contributed by atoms with Crippen LogP contribution in [0.3, 0.4) is 0 Å². The molecule has 0 fully saturated rings. The molecule has 0 bridgehead atoms. The van der Waals surface area contributed by atoms with E-state index in [0.29, 0.717) is 5.52 Å². The minimum atomic E-state index is -4.36. The molecule has 0 aliphatic rings. The van der Waals surface area contributed by atoms with E-state index >= 15 is 0 Å². The van der Waals surface area contributed by atoms with Crippen LogP contribution in [0, 0.1) is 0 Å². The molecule has 2 rings (SSSR count). The van der Waals surface area contributed by atoms with E-state index in [1.807, 2.05) is 0 Å². The molecule has 1 aromatic carbocycles. The number of alkyl halides is 3. The number of nitrogens with zero attached hydrogens (tertiary/aromatic N) is 2. The molecular weight excluding hydrogens is 273 g/mol. The van der Waals surface area contributed by atoms with Crippen molar-refractivity contribution in [2.75, 3.05) is 0 Å². The number of hydrogen-bond donors (Lipinski definition) is 0. The Morgan fingerprint density at radius 3 is 2.60 bits per heavy atom. The fourth-order valence-corrected chi connectivity index (χ4v) is 2.15. The van der Waals surface area contributed by atoms with E-state index in [-0.39, 0.29) is 9.99 Å². The Hall–Kier alpha value is -1.04. The van der Waals surface area contributed by atoms with Crippen molar-refractivity contribution in [1.29, 1.82) is 0 Å². The van der Waals surface area contributed by atoms with Crippen LogP contribution in [0.1, 0.15) is 5.56 Å². The lowest BCUT2D eigenvalue weighted by atomic mass is 10.1. The third-order valence-corrected chi connectivity index (χ3v) is 2.70. The monoisotopic (exact) mass is 278 g/mol. The Morgan fingerprint density at radius 2 is 2.00 bits per heavy atom. The lowest BCUT2D eigenvalue weighted by Gasteiger charge is -2.07. The van der Waals surface area contributed by atoms with Gasteiger partial charge in [-0.3, -0.25) is 4.68 Å². The van der Waals surface area contributed by atoms with Gasteiger partial charge in [0.15, 0.2) is 0 Å². The summed E-state index contributed by atoms with van der Waals surface area (Å²) in [7, 11) is 1.60. The molecule has 6 heteroatoms. The second kappa shape index (κ2) is 3.23. The molecule has 0 unspecified atom stereocenters. The number of aromatic nitrogens is 2. The Labute approximate surface area is 91.8 Å². The first-order valence-corrected chi connectivity index (χ1v) is 4.89. The molecule has 15 heavy (non-hydrogen) atoms. The summed E-state index contributed by atoms with van der Waals surface area (Å²) in [5, 5.41) is 4.00. The Balaban J connectivity index is 2.87. The highest BCUT2D eigenvalue weighted by Crippen LogP contribution is 2.37. The zero-order valence-corrected chi connectivity index (χ0v) is 9.22. The van der Waals surface area contributed by atoms with Gasteiger partial charge in [-0.15, -0.1) is 0 Å². The normalized spacial score (nSPS) is 12.3. The minimum absolute atomic E-state index is 0.104. The van der Waals surface area contributed by atoms with Crippen molar-refractivity contribution in [3.8, 4) is 0 Å². The van der Waals surface area contributed by atoms with Crippen LogP contribution in [0.4, 0.5) is 13.2 Å². The van der Waals surface area contributed by atoms with Gasteiger partial charge in [-0.05, 0) is 28.1 Å². The van der Waals surface area contributed by atoms with Gasteiger partial charge in [0.05, 0.1) is 11.1 Å². The third kappa shape index (κ3) is 1.62. The van der Waals surface area contributed by atoms with Crippen LogP contribution in [-0.2, 0) is 13.2 Å². The number of rotatable bonds is 0. The van der Waals surface area contributed by atoms with Gasteiger partial charge in [-0.2, -0.15) is 18.3 Å². The van der Waals surface area contributed by atoms with Gasteiger partial charge in [0.1, 0.15) is 4.60 Å². The zero-order chi connectivity index (χ0) is 11.2. The first-order chi connectivity index (χ1) is 6.91. The van der Waals surface area contributed by atoms with E-state index < -0.39 is 11.7 Å². The number of fused-ring (bicyclic) bond motifs is 1. The van der Waals surface area contributed by atoms with E-state index in [9.17, 15) is 13.2 Å². The van der Waals surface area contributed by atoms with Crippen molar-refractivity contribution < 1.29 is 13.2 Å². The van der Waals surface area contributed by atoms with E-state index in [0.717, 1.165) is 6.07 Å². The maximum Gasteiger partial charge on any atom is 0.417 e. The quantitative estimate of drug-likeness (QED) is 0.723. The summed E-state index contributed by atoms with van der Waals surface area (Å²) in [4.78, 5) is 0. The first kappa shape index (κ1) is 10.5. The topological polar surface area (TPSA) is 17.8 Å². The number of benzene rings is 1. The Bertz CT molecular complexity index is 516. The molecule has 0 radical (unpaired) electrons. The number of halogens is 4. The van der Waals surface area contributed by atoms with Crippen LogP contribution in [-0.4, -0.2) is 9.78 Å². The van der Waals surface area contributed by atoms with E-state index in [2.05, 4.69) is 21.0 Å². The highest BCUT2D eigenvalue weighted by atomic mass is 79.9. The van der Waals surface area contributed by atoms with Crippen LogP contribution in [0.15, 0.2) is 22.8 Å². The molecule has 0 amide bonds. The van der Waals surface area contributed by atoms with Crippen LogP contribution in [0.5, 0.6) is 0 Å². The molecule has 1 heterocycles. The molecule has 0 atom stereocenters. The fraction of sp³-hybridized carbons (Fsp3) is 0.222. The second-order valence-electron chi connectivity index (χ2n) is 3.11. The molecule has 0 saturated heterocycles. The fourth-order valence-electron chi connectivity index (χ4n) is 1.50. The predicted octanol–water partition coefficient (Wildman–Crippen LogP) is 3.35. The maximum atomic E-state index is 12.6. The van der Waals surface area contributed by atoms with Gasteiger partial charge in [-0.1, -0.05) is 6.07 Å². The van der Waals surface area contributed by atoms with Gasteiger partial charge in [0.25, 0.3) is 0 Å². The van der Waals surface area contributed by atoms with Crippen LogP contribution in [0.25, 0.3) is 10.9 Å². The minimum Gasteiger partial charge on any atom is -0.267 e. The molecule has 1 aromatic heterocycles. The SMILES string of the molecule is Cn1nc(Br)c2c(C(F)(F)F)cccc21. The summed E-state index contributed by atoms with van der Waals surface area (Å²) >= 11 is 3.03. The highest BCUT2D eigenvalue weighted by Gasteiger charge is 2.34.